The van der Waals surface area contributed by atoms with Crippen molar-refractivity contribution in [2.75, 3.05) is 48.8 Å². The molecule has 22 heavy (non-hydrogen) atoms. The number of piperidine rings is 1. The van der Waals surface area contributed by atoms with Crippen molar-refractivity contribution in [2.24, 2.45) is 0 Å². The van der Waals surface area contributed by atoms with Crippen LogP contribution >= 0.6 is 23.4 Å². The van der Waals surface area contributed by atoms with Gasteiger partial charge in [0.05, 0.1) is 4.90 Å². The predicted molar refractivity (Wildman–Crippen MR) is 94.6 cm³/mol. The summed E-state index contributed by atoms with van der Waals surface area (Å²) < 4.78 is 0. The molecule has 7 heteroatoms. The van der Waals surface area contributed by atoms with Crippen LogP contribution in [-0.4, -0.2) is 55.0 Å². The third-order valence-electron chi connectivity index (χ3n) is 4.41. The van der Waals surface area contributed by atoms with Gasteiger partial charge in [0.1, 0.15) is 11.0 Å². The molecule has 1 aromatic heterocycles. The average molecular weight is 342 g/mol. The zero-order chi connectivity index (χ0) is 15.5. The van der Waals surface area contributed by atoms with Crippen LogP contribution in [0.1, 0.15) is 26.2 Å². The van der Waals surface area contributed by atoms with Gasteiger partial charge in [-0.3, -0.25) is 0 Å². The minimum atomic E-state index is 0.417. The van der Waals surface area contributed by atoms with Gasteiger partial charge in [0.15, 0.2) is 0 Å². The summed E-state index contributed by atoms with van der Waals surface area (Å²) in [4.78, 5) is 15.1. The molecule has 1 aromatic rings. The van der Waals surface area contributed by atoms with Crippen LogP contribution < -0.4 is 15.1 Å². The summed E-state index contributed by atoms with van der Waals surface area (Å²) in [5.41, 5.74) is 0. The lowest BCUT2D eigenvalue weighted by atomic mass is 10.1. The number of hydrogen-bond donors (Lipinski definition) is 1. The van der Waals surface area contributed by atoms with E-state index in [1.807, 2.05) is 6.26 Å². The van der Waals surface area contributed by atoms with E-state index in [4.69, 9.17) is 16.6 Å². The zero-order valence-corrected chi connectivity index (χ0v) is 14.9. The van der Waals surface area contributed by atoms with E-state index in [2.05, 4.69) is 27.0 Å². The fraction of sp³-hybridized carbons (Fsp3) is 0.733. The molecule has 0 amide bonds. The summed E-state index contributed by atoms with van der Waals surface area (Å²) in [5, 5.41) is 4.02. The largest absolute Gasteiger partial charge is 0.350 e. The van der Waals surface area contributed by atoms with Gasteiger partial charge in [0.2, 0.25) is 5.95 Å². The highest BCUT2D eigenvalue weighted by Crippen LogP contribution is 2.35. The molecule has 0 aromatic carbocycles. The molecule has 2 aliphatic heterocycles. The van der Waals surface area contributed by atoms with E-state index in [0.29, 0.717) is 11.2 Å². The van der Waals surface area contributed by atoms with Crippen LogP contribution in [0.2, 0.25) is 5.15 Å². The first-order valence-corrected chi connectivity index (χ1v) is 9.65. The van der Waals surface area contributed by atoms with Gasteiger partial charge in [-0.25, -0.2) is 0 Å². The van der Waals surface area contributed by atoms with E-state index in [1.165, 1.54) is 19.3 Å². The molecule has 5 nitrogen and oxygen atoms in total. The summed E-state index contributed by atoms with van der Waals surface area (Å²) in [5.74, 6) is 1.80. The molecule has 0 radical (unpaired) electrons. The van der Waals surface area contributed by atoms with Crippen LogP contribution in [0.15, 0.2) is 4.90 Å². The molecule has 122 valence electrons. The lowest BCUT2D eigenvalue weighted by molar-refractivity contribution is 0.493. The predicted octanol–water partition coefficient (Wildman–Crippen LogP) is 2.64. The summed E-state index contributed by atoms with van der Waals surface area (Å²) >= 11 is 8.12. The first kappa shape index (κ1) is 16.1. The second-order valence-corrected chi connectivity index (χ2v) is 7.14. The molecule has 1 N–H and O–H groups in total. The summed E-state index contributed by atoms with van der Waals surface area (Å²) in [7, 11) is 0. The minimum absolute atomic E-state index is 0.417. The normalized spacial score (nSPS) is 23.0. The highest BCUT2D eigenvalue weighted by molar-refractivity contribution is 7.98. The second kappa shape index (κ2) is 7.23. The Bertz CT molecular complexity index is 521. The van der Waals surface area contributed by atoms with Gasteiger partial charge < -0.3 is 15.1 Å². The van der Waals surface area contributed by atoms with Gasteiger partial charge >= 0.3 is 0 Å². The van der Waals surface area contributed by atoms with Gasteiger partial charge in [-0.1, -0.05) is 11.6 Å². The van der Waals surface area contributed by atoms with Crippen LogP contribution in [0.3, 0.4) is 0 Å². The van der Waals surface area contributed by atoms with Crippen molar-refractivity contribution in [3.63, 3.8) is 0 Å². The molecule has 0 aliphatic carbocycles. The number of anilines is 2. The van der Waals surface area contributed by atoms with E-state index in [-0.39, 0.29) is 0 Å². The summed E-state index contributed by atoms with van der Waals surface area (Å²) in [6, 6.07) is 0.417. The van der Waals surface area contributed by atoms with E-state index < -0.39 is 0 Å². The second-order valence-electron chi connectivity index (χ2n) is 5.97. The van der Waals surface area contributed by atoms with Crippen LogP contribution in [0.5, 0.6) is 0 Å². The third kappa shape index (κ3) is 3.29. The van der Waals surface area contributed by atoms with Gasteiger partial charge in [0.25, 0.3) is 0 Å². The maximum Gasteiger partial charge on any atom is 0.228 e. The highest BCUT2D eigenvalue weighted by Gasteiger charge is 2.26. The standard InChI is InChI=1S/C15H24ClN5S/c1-11-10-17-6-9-21(11)14-12(22-2)13(16)18-15(19-14)20-7-4-3-5-8-20/h11,17H,3-10H2,1-2H3. The first-order valence-electron chi connectivity index (χ1n) is 8.04. The van der Waals surface area contributed by atoms with Crippen molar-refractivity contribution < 1.29 is 0 Å². The SMILES string of the molecule is CSc1c(Cl)nc(N2CCCCC2)nc1N1CCNCC1C. The molecule has 1 atom stereocenters. The lowest BCUT2D eigenvalue weighted by Gasteiger charge is -2.36. The minimum Gasteiger partial charge on any atom is -0.350 e. The van der Waals surface area contributed by atoms with Crippen LogP contribution in [0.4, 0.5) is 11.8 Å². The van der Waals surface area contributed by atoms with Crippen molar-refractivity contribution in [2.45, 2.75) is 37.1 Å². The Kier molecular flexibility index (Phi) is 5.31. The number of hydrogen-bond acceptors (Lipinski definition) is 6. The molecule has 0 spiro atoms. The molecule has 0 saturated carbocycles. The number of aromatic nitrogens is 2. The number of piperazine rings is 1. The topological polar surface area (TPSA) is 44.3 Å². The van der Waals surface area contributed by atoms with E-state index in [9.17, 15) is 0 Å². The van der Waals surface area contributed by atoms with Crippen LogP contribution in [0, 0.1) is 0 Å². The summed E-state index contributed by atoms with van der Waals surface area (Å²) in [6.45, 7) is 7.22. The first-order chi connectivity index (χ1) is 10.7. The molecule has 1 unspecified atom stereocenters. The molecular weight excluding hydrogens is 318 g/mol. The van der Waals surface area contributed by atoms with Crippen LogP contribution in [0.25, 0.3) is 0 Å². The van der Waals surface area contributed by atoms with Crippen molar-refractivity contribution in [1.82, 2.24) is 15.3 Å². The molecule has 2 fully saturated rings. The average Bonchev–Trinajstić information content (AvgIpc) is 2.55. The number of rotatable bonds is 3. The van der Waals surface area contributed by atoms with Gasteiger partial charge in [0, 0.05) is 38.8 Å². The third-order valence-corrected chi connectivity index (χ3v) is 5.58. The summed E-state index contributed by atoms with van der Waals surface area (Å²) in [6.07, 6.45) is 5.77. The molecule has 0 bridgehead atoms. The number of thioether (sulfide) groups is 1. The van der Waals surface area contributed by atoms with Gasteiger partial charge in [-0.2, -0.15) is 9.97 Å². The van der Waals surface area contributed by atoms with Crippen molar-refractivity contribution in [1.29, 1.82) is 0 Å². The smallest absolute Gasteiger partial charge is 0.228 e. The van der Waals surface area contributed by atoms with E-state index in [0.717, 1.165) is 49.4 Å². The van der Waals surface area contributed by atoms with Crippen LogP contribution in [-0.2, 0) is 0 Å². The fourth-order valence-electron chi connectivity index (χ4n) is 3.16. The van der Waals surface area contributed by atoms with Crippen molar-refractivity contribution in [3.05, 3.63) is 5.15 Å². The molecule has 2 aliphatic rings. The Morgan fingerprint density at radius 2 is 1.95 bits per heavy atom. The maximum absolute atomic E-state index is 6.48. The Balaban J connectivity index is 1.96. The Morgan fingerprint density at radius 1 is 1.18 bits per heavy atom. The monoisotopic (exact) mass is 341 g/mol. The zero-order valence-electron chi connectivity index (χ0n) is 13.3. The number of nitrogens with zero attached hydrogens (tertiary/aromatic N) is 4. The van der Waals surface area contributed by atoms with E-state index in [1.54, 1.807) is 11.8 Å². The quantitative estimate of drug-likeness (QED) is 0.673. The molecule has 2 saturated heterocycles. The Morgan fingerprint density at radius 3 is 2.64 bits per heavy atom. The number of halogens is 1. The maximum atomic E-state index is 6.48. The molecule has 3 rings (SSSR count). The fourth-order valence-corrected chi connectivity index (χ4v) is 4.11. The highest BCUT2D eigenvalue weighted by atomic mass is 35.5. The lowest BCUT2D eigenvalue weighted by Crippen LogP contribution is -2.50. The van der Waals surface area contributed by atoms with Crippen molar-refractivity contribution >= 4 is 35.1 Å². The Hall–Kier alpha value is -0.720. The molecule has 3 heterocycles. The molecular formula is C15H24ClN5S. The van der Waals surface area contributed by atoms with Crippen molar-refractivity contribution in [3.8, 4) is 0 Å². The number of nitrogens with one attached hydrogen (secondary N) is 1. The van der Waals surface area contributed by atoms with Gasteiger partial charge in [-0.05, 0) is 32.4 Å². The Labute approximate surface area is 141 Å². The van der Waals surface area contributed by atoms with Gasteiger partial charge in [-0.15, -0.1) is 11.8 Å². The van der Waals surface area contributed by atoms with E-state index >= 15 is 0 Å².